The molecular weight excluding hydrogens is 300 g/mol. The van der Waals surface area contributed by atoms with E-state index in [2.05, 4.69) is 11.1 Å². The number of carbonyl (C=O) groups excluding carboxylic acids is 1. The monoisotopic (exact) mass is 318 g/mol. The first-order valence-electron chi connectivity index (χ1n) is 7.96. The maximum atomic E-state index is 13.2. The van der Waals surface area contributed by atoms with E-state index in [4.69, 9.17) is 5.73 Å². The fourth-order valence-electron chi connectivity index (χ4n) is 3.34. The summed E-state index contributed by atoms with van der Waals surface area (Å²) in [5.74, 6) is -0.0318. The number of hydrogen-bond acceptors (Lipinski definition) is 3. The first kappa shape index (κ1) is 14.7. The number of carbonyl (C=O) groups is 1. The number of para-hydroxylation sites is 1. The summed E-state index contributed by atoms with van der Waals surface area (Å²) >= 11 is 0. The topological polar surface area (TPSA) is 65.3 Å². The van der Waals surface area contributed by atoms with Crippen LogP contribution in [0.4, 0.5) is 0 Å². The molecule has 0 spiro atoms. The van der Waals surface area contributed by atoms with Gasteiger partial charge in [-0.1, -0.05) is 18.2 Å². The van der Waals surface area contributed by atoms with Crippen molar-refractivity contribution in [2.45, 2.75) is 13.3 Å². The van der Waals surface area contributed by atoms with Gasteiger partial charge in [0.1, 0.15) is 0 Å². The highest BCUT2D eigenvalue weighted by Crippen LogP contribution is 2.27. The van der Waals surface area contributed by atoms with Crippen LogP contribution in [0, 0.1) is 6.92 Å². The summed E-state index contributed by atoms with van der Waals surface area (Å²) in [6.45, 7) is 2.55. The molecule has 5 nitrogen and oxygen atoms in total. The van der Waals surface area contributed by atoms with Crippen molar-refractivity contribution in [2.75, 3.05) is 6.54 Å². The molecule has 0 atom stereocenters. The Kier molecular flexibility index (Phi) is 3.43. The molecule has 0 amide bonds. The van der Waals surface area contributed by atoms with Gasteiger partial charge in [-0.15, -0.1) is 0 Å². The van der Waals surface area contributed by atoms with Crippen LogP contribution in [0.25, 0.3) is 16.4 Å². The van der Waals surface area contributed by atoms with Crippen molar-refractivity contribution in [1.29, 1.82) is 0 Å². The Morgan fingerprint density at radius 2 is 2.08 bits per heavy atom. The summed E-state index contributed by atoms with van der Waals surface area (Å²) < 4.78 is 3.68. The minimum Gasteiger partial charge on any atom is -0.330 e. The number of benzene rings is 1. The minimum atomic E-state index is -0.0318. The summed E-state index contributed by atoms with van der Waals surface area (Å²) in [4.78, 5) is 17.3. The molecule has 3 aromatic heterocycles. The summed E-state index contributed by atoms with van der Waals surface area (Å²) in [5.41, 5.74) is 10.3. The molecule has 0 fully saturated rings. The van der Waals surface area contributed by atoms with Gasteiger partial charge in [0.2, 0.25) is 0 Å². The van der Waals surface area contributed by atoms with Crippen LogP contribution in [0.2, 0.25) is 0 Å². The van der Waals surface area contributed by atoms with Crippen molar-refractivity contribution < 1.29 is 4.79 Å². The van der Waals surface area contributed by atoms with Gasteiger partial charge in [0, 0.05) is 22.8 Å². The quantitative estimate of drug-likeness (QED) is 0.632. The predicted octanol–water partition coefficient (Wildman–Crippen LogP) is 2.79. The van der Waals surface area contributed by atoms with E-state index in [1.807, 2.05) is 47.9 Å². The van der Waals surface area contributed by atoms with E-state index in [9.17, 15) is 4.79 Å². The zero-order valence-corrected chi connectivity index (χ0v) is 13.4. The Balaban J connectivity index is 1.91. The molecule has 1 aromatic carbocycles. The van der Waals surface area contributed by atoms with Crippen molar-refractivity contribution in [3.63, 3.8) is 0 Å². The van der Waals surface area contributed by atoms with Crippen LogP contribution < -0.4 is 5.73 Å². The van der Waals surface area contributed by atoms with Crippen molar-refractivity contribution in [2.24, 2.45) is 5.73 Å². The minimum absolute atomic E-state index is 0.0318. The van der Waals surface area contributed by atoms with Gasteiger partial charge in [-0.3, -0.25) is 9.36 Å². The molecule has 0 bridgehead atoms. The molecule has 0 aliphatic rings. The number of fused-ring (bicyclic) bond motifs is 2. The highest BCUT2D eigenvalue weighted by atomic mass is 16.2. The fourth-order valence-corrected chi connectivity index (χ4v) is 3.34. The van der Waals surface area contributed by atoms with Crippen molar-refractivity contribution in [3.8, 4) is 0 Å². The fraction of sp³-hybridized carbons (Fsp3) is 0.158. The molecule has 120 valence electrons. The van der Waals surface area contributed by atoms with Crippen molar-refractivity contribution >= 4 is 22.3 Å². The molecule has 4 rings (SSSR count). The molecule has 0 saturated heterocycles. The van der Waals surface area contributed by atoms with Gasteiger partial charge in [-0.05, 0) is 43.7 Å². The molecule has 0 radical (unpaired) electrons. The number of hydrogen-bond donors (Lipinski definition) is 1. The number of nitrogens with two attached hydrogens (primary N) is 1. The lowest BCUT2D eigenvalue weighted by Crippen LogP contribution is -2.14. The molecule has 0 aliphatic carbocycles. The van der Waals surface area contributed by atoms with Crippen LogP contribution in [0.15, 0.2) is 55.1 Å². The number of pyridine rings is 1. The molecule has 0 saturated carbocycles. The third-order valence-electron chi connectivity index (χ3n) is 4.50. The van der Waals surface area contributed by atoms with Crippen LogP contribution >= 0.6 is 0 Å². The number of nitrogens with zero attached hydrogens (tertiary/aromatic N) is 3. The van der Waals surface area contributed by atoms with E-state index in [0.717, 1.165) is 34.1 Å². The van der Waals surface area contributed by atoms with Crippen LogP contribution in [-0.4, -0.2) is 26.4 Å². The molecule has 0 unspecified atom stereocenters. The molecule has 5 heteroatoms. The third kappa shape index (κ3) is 2.13. The summed E-state index contributed by atoms with van der Waals surface area (Å²) in [6, 6.07) is 11.7. The Bertz CT molecular complexity index is 1060. The average molecular weight is 318 g/mol. The molecule has 0 aliphatic heterocycles. The van der Waals surface area contributed by atoms with E-state index in [-0.39, 0.29) is 5.91 Å². The lowest BCUT2D eigenvalue weighted by Gasteiger charge is -2.08. The highest BCUT2D eigenvalue weighted by Gasteiger charge is 2.19. The van der Waals surface area contributed by atoms with Crippen LogP contribution in [-0.2, 0) is 6.42 Å². The van der Waals surface area contributed by atoms with Gasteiger partial charge in [0.05, 0.1) is 23.6 Å². The normalized spacial score (nSPS) is 11.4. The Hall–Kier alpha value is -2.92. The maximum Gasteiger partial charge on any atom is 0.262 e. The van der Waals surface area contributed by atoms with Crippen molar-refractivity contribution in [1.82, 2.24) is 14.0 Å². The number of imidazole rings is 1. The highest BCUT2D eigenvalue weighted by molar-refractivity contribution is 6.04. The first-order valence-corrected chi connectivity index (χ1v) is 7.96. The predicted molar refractivity (Wildman–Crippen MR) is 94.4 cm³/mol. The van der Waals surface area contributed by atoms with Gasteiger partial charge in [0.15, 0.2) is 0 Å². The molecule has 4 aromatic rings. The second kappa shape index (κ2) is 5.62. The van der Waals surface area contributed by atoms with E-state index in [1.165, 1.54) is 0 Å². The molecule has 24 heavy (non-hydrogen) atoms. The zero-order chi connectivity index (χ0) is 16.7. The van der Waals surface area contributed by atoms with Gasteiger partial charge in [-0.25, -0.2) is 4.98 Å². The van der Waals surface area contributed by atoms with Crippen molar-refractivity contribution in [3.05, 3.63) is 71.9 Å². The second-order valence-corrected chi connectivity index (χ2v) is 5.90. The van der Waals surface area contributed by atoms with E-state index < -0.39 is 0 Å². The summed E-state index contributed by atoms with van der Waals surface area (Å²) in [6.07, 6.45) is 6.09. The summed E-state index contributed by atoms with van der Waals surface area (Å²) in [5, 5.41) is 1.10. The van der Waals surface area contributed by atoms with Gasteiger partial charge >= 0.3 is 0 Å². The van der Waals surface area contributed by atoms with E-state index >= 15 is 0 Å². The molecule has 3 heterocycles. The first-order chi connectivity index (χ1) is 11.7. The summed E-state index contributed by atoms with van der Waals surface area (Å²) in [7, 11) is 0. The number of aromatic nitrogens is 3. The maximum absolute atomic E-state index is 13.2. The second-order valence-electron chi connectivity index (χ2n) is 5.90. The Morgan fingerprint density at radius 1 is 1.25 bits per heavy atom. The van der Waals surface area contributed by atoms with Crippen LogP contribution in [0.5, 0.6) is 0 Å². The SMILES string of the molecule is Cc1c(CCN)c2ccccc2n1C(=O)c1ccn2cncc2c1. The number of rotatable bonds is 3. The zero-order valence-electron chi connectivity index (χ0n) is 13.4. The lowest BCUT2D eigenvalue weighted by molar-refractivity contribution is 0.0963. The Morgan fingerprint density at radius 3 is 2.92 bits per heavy atom. The van der Waals surface area contributed by atoms with E-state index in [0.29, 0.717) is 12.1 Å². The smallest absolute Gasteiger partial charge is 0.262 e. The average Bonchev–Trinajstić information content (AvgIpc) is 3.17. The molecular formula is C19H18N4O. The van der Waals surface area contributed by atoms with E-state index in [1.54, 1.807) is 17.1 Å². The van der Waals surface area contributed by atoms with Crippen LogP contribution in [0.3, 0.4) is 0 Å². The standard InChI is InChI=1S/C19H18N4O/c1-13-16(6-8-20)17-4-2-3-5-18(17)23(13)19(24)14-7-9-22-12-21-11-15(22)10-14/h2-5,7,9-12H,6,8,20H2,1H3. The third-order valence-corrected chi connectivity index (χ3v) is 4.50. The lowest BCUT2D eigenvalue weighted by atomic mass is 10.1. The largest absolute Gasteiger partial charge is 0.330 e. The van der Waals surface area contributed by atoms with Gasteiger partial charge < -0.3 is 10.1 Å². The van der Waals surface area contributed by atoms with Gasteiger partial charge in [0.25, 0.3) is 5.91 Å². The Labute approximate surface area is 139 Å². The molecule has 2 N–H and O–H groups in total. The van der Waals surface area contributed by atoms with Crippen LogP contribution in [0.1, 0.15) is 21.6 Å². The van der Waals surface area contributed by atoms with Gasteiger partial charge in [-0.2, -0.15) is 0 Å².